The number of piperidine rings is 1. The van der Waals surface area contributed by atoms with Crippen molar-refractivity contribution in [3.63, 3.8) is 0 Å². The molecule has 1 heterocycles. The summed E-state index contributed by atoms with van der Waals surface area (Å²) in [7, 11) is 0. The van der Waals surface area contributed by atoms with Crippen LogP contribution in [0.1, 0.15) is 38.2 Å². The monoisotopic (exact) mass is 249 g/mol. The molecule has 0 aliphatic carbocycles. The summed E-state index contributed by atoms with van der Waals surface area (Å²) in [5, 5.41) is 0. The Morgan fingerprint density at radius 2 is 2.06 bits per heavy atom. The van der Waals surface area contributed by atoms with Gasteiger partial charge in [0.15, 0.2) is 0 Å². The van der Waals surface area contributed by atoms with Crippen molar-refractivity contribution in [3.05, 3.63) is 35.6 Å². The average molecular weight is 249 g/mol. The summed E-state index contributed by atoms with van der Waals surface area (Å²) in [5.74, 6) is -0.0798. The Morgan fingerprint density at radius 1 is 1.33 bits per heavy atom. The van der Waals surface area contributed by atoms with Gasteiger partial charge in [0.1, 0.15) is 5.82 Å². The molecule has 0 aromatic heterocycles. The molecule has 0 spiro atoms. The molecule has 1 fully saturated rings. The molecule has 0 unspecified atom stereocenters. The van der Waals surface area contributed by atoms with Gasteiger partial charge in [0.25, 0.3) is 0 Å². The van der Waals surface area contributed by atoms with E-state index < -0.39 is 0 Å². The van der Waals surface area contributed by atoms with Crippen LogP contribution in [0.2, 0.25) is 0 Å². The van der Waals surface area contributed by atoms with E-state index in [1.165, 1.54) is 18.6 Å². The van der Waals surface area contributed by atoms with Crippen LogP contribution >= 0.6 is 0 Å². The second-order valence-corrected chi connectivity index (χ2v) is 4.95. The van der Waals surface area contributed by atoms with Crippen LogP contribution in [0.15, 0.2) is 24.3 Å². The topological polar surface area (TPSA) is 20.3 Å². The predicted molar refractivity (Wildman–Crippen MR) is 69.7 cm³/mol. The Bertz CT molecular complexity index is 401. The molecule has 98 valence electrons. The fraction of sp³-hybridized carbons (Fsp3) is 0.533. The van der Waals surface area contributed by atoms with Crippen LogP contribution in [0.25, 0.3) is 0 Å². The first-order chi connectivity index (χ1) is 8.70. The molecule has 2 nitrogen and oxygen atoms in total. The van der Waals surface area contributed by atoms with Gasteiger partial charge in [-0.3, -0.25) is 4.79 Å². The lowest BCUT2D eigenvalue weighted by Gasteiger charge is -2.35. The number of likely N-dealkylation sites (tertiary alicyclic amines) is 1. The van der Waals surface area contributed by atoms with Gasteiger partial charge in [0.05, 0.1) is 6.42 Å². The Balaban J connectivity index is 2.00. The quantitative estimate of drug-likeness (QED) is 0.805. The standard InChI is InChI=1S/C15H20FNO/c1-2-14-5-3-4-10-17(14)15(18)11-12-6-8-13(16)9-7-12/h6-9,14H,2-5,10-11H2,1H3/t14-/m1/s1. The smallest absolute Gasteiger partial charge is 0.227 e. The number of halogens is 1. The molecule has 3 heteroatoms. The first-order valence-electron chi connectivity index (χ1n) is 6.74. The van der Waals surface area contributed by atoms with Gasteiger partial charge in [-0.25, -0.2) is 4.39 Å². The zero-order chi connectivity index (χ0) is 13.0. The van der Waals surface area contributed by atoms with Gasteiger partial charge in [-0.15, -0.1) is 0 Å². The lowest BCUT2D eigenvalue weighted by Crippen LogP contribution is -2.44. The molecule has 0 radical (unpaired) electrons. The highest BCUT2D eigenvalue weighted by molar-refractivity contribution is 5.79. The van der Waals surface area contributed by atoms with Crippen molar-refractivity contribution in [2.45, 2.75) is 45.1 Å². The summed E-state index contributed by atoms with van der Waals surface area (Å²) < 4.78 is 12.8. The Labute approximate surface area is 108 Å². The van der Waals surface area contributed by atoms with E-state index in [1.54, 1.807) is 12.1 Å². The van der Waals surface area contributed by atoms with Crippen molar-refractivity contribution < 1.29 is 9.18 Å². The van der Waals surface area contributed by atoms with Crippen molar-refractivity contribution >= 4 is 5.91 Å². The Hall–Kier alpha value is -1.38. The molecule has 1 aromatic rings. The fourth-order valence-electron chi connectivity index (χ4n) is 2.63. The third kappa shape index (κ3) is 3.09. The molecule has 0 saturated carbocycles. The predicted octanol–water partition coefficient (Wildman–Crippen LogP) is 3.16. The van der Waals surface area contributed by atoms with Gasteiger partial charge < -0.3 is 4.90 Å². The normalized spacial score (nSPS) is 19.9. The van der Waals surface area contributed by atoms with Crippen LogP contribution in [0.5, 0.6) is 0 Å². The number of amides is 1. The lowest BCUT2D eigenvalue weighted by molar-refractivity contribution is -0.134. The van der Waals surface area contributed by atoms with Crippen LogP contribution in [0.4, 0.5) is 4.39 Å². The van der Waals surface area contributed by atoms with E-state index >= 15 is 0 Å². The molecule has 1 saturated heterocycles. The SMILES string of the molecule is CC[C@@H]1CCCCN1C(=O)Cc1ccc(F)cc1. The number of hydrogen-bond donors (Lipinski definition) is 0. The highest BCUT2D eigenvalue weighted by Crippen LogP contribution is 2.20. The maximum atomic E-state index is 12.8. The van der Waals surface area contributed by atoms with E-state index in [9.17, 15) is 9.18 Å². The van der Waals surface area contributed by atoms with Crippen molar-refractivity contribution in [2.24, 2.45) is 0 Å². The van der Waals surface area contributed by atoms with Gasteiger partial charge in [-0.05, 0) is 43.4 Å². The molecule has 1 atom stereocenters. The maximum absolute atomic E-state index is 12.8. The molecule has 0 N–H and O–H groups in total. The molecule has 1 amide bonds. The van der Waals surface area contributed by atoms with Crippen molar-refractivity contribution in [1.82, 2.24) is 4.90 Å². The molecular formula is C15H20FNO. The van der Waals surface area contributed by atoms with Gasteiger partial charge in [-0.2, -0.15) is 0 Å². The minimum atomic E-state index is -0.254. The molecule has 1 aromatic carbocycles. The third-order valence-electron chi connectivity index (χ3n) is 3.69. The van der Waals surface area contributed by atoms with Crippen LogP contribution in [-0.4, -0.2) is 23.4 Å². The number of carbonyl (C=O) groups is 1. The van der Waals surface area contributed by atoms with Gasteiger partial charge >= 0.3 is 0 Å². The zero-order valence-corrected chi connectivity index (χ0v) is 10.9. The second kappa shape index (κ2) is 5.98. The third-order valence-corrected chi connectivity index (χ3v) is 3.69. The van der Waals surface area contributed by atoms with Crippen LogP contribution < -0.4 is 0 Å². The summed E-state index contributed by atoms with van der Waals surface area (Å²) >= 11 is 0. The highest BCUT2D eigenvalue weighted by atomic mass is 19.1. The van der Waals surface area contributed by atoms with E-state index in [0.717, 1.165) is 31.4 Å². The highest BCUT2D eigenvalue weighted by Gasteiger charge is 2.24. The van der Waals surface area contributed by atoms with Crippen LogP contribution in [0.3, 0.4) is 0 Å². The summed E-state index contributed by atoms with van der Waals surface area (Å²) in [4.78, 5) is 14.3. The zero-order valence-electron chi connectivity index (χ0n) is 10.9. The first-order valence-corrected chi connectivity index (χ1v) is 6.74. The number of nitrogens with zero attached hydrogens (tertiary/aromatic N) is 1. The molecule has 1 aliphatic rings. The summed E-state index contributed by atoms with van der Waals surface area (Å²) in [6.07, 6.45) is 4.85. The van der Waals surface area contributed by atoms with E-state index in [2.05, 4.69) is 6.92 Å². The van der Waals surface area contributed by atoms with E-state index in [0.29, 0.717) is 12.5 Å². The summed E-state index contributed by atoms with van der Waals surface area (Å²) in [6.45, 7) is 3.01. The van der Waals surface area contributed by atoms with Crippen molar-refractivity contribution in [2.75, 3.05) is 6.54 Å². The van der Waals surface area contributed by atoms with Gasteiger partial charge in [-0.1, -0.05) is 19.1 Å². The Morgan fingerprint density at radius 3 is 2.72 bits per heavy atom. The summed E-state index contributed by atoms with van der Waals surface area (Å²) in [5.41, 5.74) is 0.891. The Kier molecular flexibility index (Phi) is 4.34. The minimum Gasteiger partial charge on any atom is -0.339 e. The average Bonchev–Trinajstić information content (AvgIpc) is 2.41. The van der Waals surface area contributed by atoms with Crippen molar-refractivity contribution in [3.8, 4) is 0 Å². The molecule has 0 bridgehead atoms. The fourth-order valence-corrected chi connectivity index (χ4v) is 2.63. The first kappa shape index (κ1) is 13.1. The number of carbonyl (C=O) groups excluding carboxylic acids is 1. The number of rotatable bonds is 3. The number of benzene rings is 1. The van der Waals surface area contributed by atoms with Gasteiger partial charge in [0, 0.05) is 12.6 Å². The molecule has 1 aliphatic heterocycles. The second-order valence-electron chi connectivity index (χ2n) is 4.95. The largest absolute Gasteiger partial charge is 0.339 e. The summed E-state index contributed by atoms with van der Waals surface area (Å²) in [6, 6.07) is 6.61. The van der Waals surface area contributed by atoms with E-state index in [1.807, 2.05) is 4.90 Å². The lowest BCUT2D eigenvalue weighted by atomic mass is 9.99. The maximum Gasteiger partial charge on any atom is 0.227 e. The van der Waals surface area contributed by atoms with E-state index in [4.69, 9.17) is 0 Å². The van der Waals surface area contributed by atoms with Crippen molar-refractivity contribution in [1.29, 1.82) is 0 Å². The molecule has 18 heavy (non-hydrogen) atoms. The van der Waals surface area contributed by atoms with Crippen LogP contribution in [-0.2, 0) is 11.2 Å². The van der Waals surface area contributed by atoms with Gasteiger partial charge in [0.2, 0.25) is 5.91 Å². The number of hydrogen-bond acceptors (Lipinski definition) is 1. The minimum absolute atomic E-state index is 0.174. The van der Waals surface area contributed by atoms with Crippen LogP contribution in [0, 0.1) is 5.82 Å². The van der Waals surface area contributed by atoms with E-state index in [-0.39, 0.29) is 11.7 Å². The molecule has 2 rings (SSSR count). The molecular weight excluding hydrogens is 229 g/mol.